The van der Waals surface area contributed by atoms with Crippen molar-refractivity contribution in [1.82, 2.24) is 3.97 Å². The van der Waals surface area contributed by atoms with Gasteiger partial charge in [-0.25, -0.2) is 12.4 Å². The Morgan fingerprint density at radius 1 is 1.10 bits per heavy atom. The maximum Gasteiger partial charge on any atom is 1.00 e. The third kappa shape index (κ3) is 4.30. The SMILES string of the molecule is CCC(=O)c1ccn(S(=O)(=O)[N-]C(=O)Nc2c3c(cc4c2CCC4)CCC3)c1.[Na+]. The Kier molecular flexibility index (Phi) is 6.57. The first-order chi connectivity index (χ1) is 13.4. The molecule has 0 saturated heterocycles. The molecule has 2 aromatic rings. The summed E-state index contributed by atoms with van der Waals surface area (Å²) in [6.07, 6.45) is 8.49. The number of benzene rings is 1. The zero-order valence-corrected chi connectivity index (χ0v) is 19.5. The van der Waals surface area contributed by atoms with Crippen LogP contribution >= 0.6 is 0 Å². The maximum absolute atomic E-state index is 12.5. The number of fused-ring (bicyclic) bond motifs is 2. The van der Waals surface area contributed by atoms with Crippen LogP contribution in [0.3, 0.4) is 0 Å². The van der Waals surface area contributed by atoms with Gasteiger partial charge in [-0.2, -0.15) is 0 Å². The van der Waals surface area contributed by atoms with Crippen molar-refractivity contribution in [3.63, 3.8) is 0 Å². The number of aryl methyl sites for hydroxylation is 2. The molecular weight excluding hydrogens is 401 g/mol. The zero-order chi connectivity index (χ0) is 19.9. The standard InChI is InChI=1S/C20H23N3O4S.Na/c1-2-18(24)15-9-10-23(12-15)28(26,27)22-20(25)21-19-16-7-3-5-13(16)11-14-6-4-8-17(14)19;/h9-12H,2-8H2,1H3,(H2,21,22,25);/q;+1/p-1. The van der Waals surface area contributed by atoms with Gasteiger partial charge in [0.05, 0.1) is 0 Å². The number of nitrogens with zero attached hydrogens (tertiary/aromatic N) is 2. The molecule has 1 heterocycles. The van der Waals surface area contributed by atoms with Gasteiger partial charge in [-0.05, 0) is 72.5 Å². The fourth-order valence-electron chi connectivity index (χ4n) is 4.14. The van der Waals surface area contributed by atoms with Crippen LogP contribution in [0, 0.1) is 0 Å². The Balaban J connectivity index is 0.00000240. The molecule has 0 unspecified atom stereocenters. The van der Waals surface area contributed by atoms with E-state index in [9.17, 15) is 18.0 Å². The van der Waals surface area contributed by atoms with Gasteiger partial charge in [0.15, 0.2) is 11.8 Å². The second kappa shape index (κ2) is 8.63. The Morgan fingerprint density at radius 2 is 1.72 bits per heavy atom. The molecule has 1 aromatic heterocycles. The number of carbonyl (C=O) groups excluding carboxylic acids is 2. The molecule has 0 radical (unpaired) electrons. The molecule has 2 aliphatic rings. The van der Waals surface area contributed by atoms with Crippen molar-refractivity contribution in [1.29, 1.82) is 0 Å². The number of urea groups is 1. The molecule has 1 aromatic carbocycles. The Morgan fingerprint density at radius 3 is 2.31 bits per heavy atom. The number of aromatic nitrogens is 1. The van der Waals surface area contributed by atoms with E-state index in [1.165, 1.54) is 29.6 Å². The molecule has 1 N–H and O–H groups in total. The van der Waals surface area contributed by atoms with Crippen molar-refractivity contribution >= 4 is 27.7 Å². The summed E-state index contributed by atoms with van der Waals surface area (Å²) in [5.74, 6) is -0.172. The normalized spacial score (nSPS) is 14.7. The first kappa shape index (κ1) is 22.1. The Hall–Kier alpha value is -1.61. The Labute approximate surface area is 192 Å². The minimum absolute atomic E-state index is 0. The molecule has 0 bridgehead atoms. The number of carbonyl (C=O) groups is 2. The Bertz CT molecular complexity index is 1040. The van der Waals surface area contributed by atoms with Crippen LogP contribution in [0.5, 0.6) is 0 Å². The number of hydrogen-bond acceptors (Lipinski definition) is 4. The van der Waals surface area contributed by atoms with Crippen LogP contribution in [0.25, 0.3) is 4.72 Å². The van der Waals surface area contributed by atoms with E-state index in [2.05, 4.69) is 16.1 Å². The van der Waals surface area contributed by atoms with Gasteiger partial charge >= 0.3 is 29.6 Å². The van der Waals surface area contributed by atoms with Gasteiger partial charge in [-0.1, -0.05) is 13.0 Å². The summed E-state index contributed by atoms with van der Waals surface area (Å²) < 4.78 is 29.1. The van der Waals surface area contributed by atoms with E-state index in [-0.39, 0.29) is 47.3 Å². The molecule has 0 aliphatic heterocycles. The van der Waals surface area contributed by atoms with Crippen molar-refractivity contribution in [2.24, 2.45) is 0 Å². The van der Waals surface area contributed by atoms with Crippen molar-refractivity contribution in [3.05, 3.63) is 57.1 Å². The summed E-state index contributed by atoms with van der Waals surface area (Å²) in [5, 5.41) is 2.74. The predicted octanol–water partition coefficient (Wildman–Crippen LogP) is 0.761. The van der Waals surface area contributed by atoms with Crippen LogP contribution in [-0.4, -0.2) is 24.2 Å². The third-order valence-electron chi connectivity index (χ3n) is 5.48. The number of nitrogens with one attached hydrogen (secondary N) is 1. The largest absolute Gasteiger partial charge is 1.00 e. The van der Waals surface area contributed by atoms with Gasteiger partial charge in [-0.3, -0.25) is 9.59 Å². The summed E-state index contributed by atoms with van der Waals surface area (Å²) in [4.78, 5) is 24.2. The molecule has 0 spiro atoms. The van der Waals surface area contributed by atoms with Gasteiger partial charge in [0.25, 0.3) is 10.2 Å². The van der Waals surface area contributed by atoms with Gasteiger partial charge in [0, 0.05) is 24.4 Å². The average molecular weight is 423 g/mol. The van der Waals surface area contributed by atoms with Crippen molar-refractivity contribution < 1.29 is 47.6 Å². The van der Waals surface area contributed by atoms with E-state index in [0.717, 1.165) is 59.3 Å². The van der Waals surface area contributed by atoms with Crippen molar-refractivity contribution in [2.45, 2.75) is 51.9 Å². The van der Waals surface area contributed by atoms with Crippen LogP contribution in [0.1, 0.15) is 58.8 Å². The summed E-state index contributed by atoms with van der Waals surface area (Å²) in [6, 6.07) is 2.74. The van der Waals surface area contributed by atoms with Gasteiger partial charge in [0.1, 0.15) is 0 Å². The molecule has 2 amide bonds. The molecule has 0 atom stereocenters. The number of anilines is 1. The quantitative estimate of drug-likeness (QED) is 0.567. The summed E-state index contributed by atoms with van der Waals surface area (Å²) >= 11 is 0. The van der Waals surface area contributed by atoms with E-state index in [0.29, 0.717) is 0 Å². The second-order valence-corrected chi connectivity index (χ2v) is 8.74. The molecule has 29 heavy (non-hydrogen) atoms. The zero-order valence-electron chi connectivity index (χ0n) is 16.7. The number of rotatable bonds is 5. The van der Waals surface area contributed by atoms with Crippen LogP contribution in [0.2, 0.25) is 0 Å². The molecule has 7 nitrogen and oxygen atoms in total. The third-order valence-corrected chi connectivity index (χ3v) is 6.64. The fourth-order valence-corrected chi connectivity index (χ4v) is 4.95. The van der Waals surface area contributed by atoms with Crippen LogP contribution < -0.4 is 34.9 Å². The molecule has 148 valence electrons. The first-order valence-corrected chi connectivity index (χ1v) is 11.0. The van der Waals surface area contributed by atoms with Gasteiger partial charge in [-0.15, -0.1) is 0 Å². The minimum Gasteiger partial charge on any atom is -0.423 e. The monoisotopic (exact) mass is 423 g/mol. The van der Waals surface area contributed by atoms with E-state index in [4.69, 9.17) is 0 Å². The molecule has 4 rings (SSSR count). The fraction of sp³-hybridized carbons (Fsp3) is 0.400. The molecule has 9 heteroatoms. The van der Waals surface area contributed by atoms with Crippen LogP contribution in [-0.2, 0) is 35.9 Å². The average Bonchev–Trinajstić information content (AvgIpc) is 3.39. The number of ketones is 1. The summed E-state index contributed by atoms with van der Waals surface area (Å²) in [6.45, 7) is 1.70. The summed E-state index contributed by atoms with van der Waals surface area (Å²) in [7, 11) is -4.25. The van der Waals surface area contributed by atoms with E-state index < -0.39 is 16.2 Å². The van der Waals surface area contributed by atoms with Crippen molar-refractivity contribution in [2.75, 3.05) is 5.32 Å². The molecule has 0 fully saturated rings. The van der Waals surface area contributed by atoms with Crippen LogP contribution in [0.15, 0.2) is 24.5 Å². The number of amides is 2. The summed E-state index contributed by atoms with van der Waals surface area (Å²) in [5.41, 5.74) is 5.73. The minimum atomic E-state index is -4.25. The number of hydrogen-bond donors (Lipinski definition) is 1. The predicted molar refractivity (Wildman–Crippen MR) is 106 cm³/mol. The molecule has 0 saturated carbocycles. The van der Waals surface area contributed by atoms with Gasteiger partial charge < -0.3 is 10.0 Å². The van der Waals surface area contributed by atoms with Crippen LogP contribution in [0.4, 0.5) is 10.5 Å². The van der Waals surface area contributed by atoms with Gasteiger partial charge in [0.2, 0.25) is 0 Å². The van der Waals surface area contributed by atoms with Crippen molar-refractivity contribution in [3.8, 4) is 0 Å². The maximum atomic E-state index is 12.5. The number of Topliss-reactive ketones (excluding diaryl/α,β-unsaturated/α-hetero) is 1. The second-order valence-electron chi connectivity index (χ2n) is 7.24. The smallest absolute Gasteiger partial charge is 0.423 e. The molecular formula is C20H22N3NaO4S. The topological polar surface area (TPSA) is 99.3 Å². The van der Waals surface area contributed by atoms with E-state index in [1.54, 1.807) is 6.92 Å². The van der Waals surface area contributed by atoms with E-state index >= 15 is 0 Å². The molecule has 2 aliphatic carbocycles. The van der Waals surface area contributed by atoms with E-state index in [1.807, 2.05) is 0 Å². The first-order valence-electron chi connectivity index (χ1n) is 9.56.